The fourth-order valence-corrected chi connectivity index (χ4v) is 7.26. The number of ether oxygens (including phenoxy) is 1. The number of amidine groups is 2. The molecule has 30 nitrogen and oxygen atoms in total. The molecule has 3 aromatic carbocycles. The second-order valence-corrected chi connectivity index (χ2v) is 17.6. The average Bonchev–Trinajstić information content (AvgIpc) is 3.44. The van der Waals surface area contributed by atoms with E-state index in [0.29, 0.717) is 19.4 Å². The standard InChI is InChI=1S/C49H74N20O10/c1-79-39-15-12-26(20-31(39)45(76)68-34(42(55)73)8-4-19-63-49(58)59)64-25-38(72)33(7-3-18-62-48(56)57)67-43(74)29-22-28(11-14-36(29)70)66-47(78)35(9-5-17-61-41(54)24-51)69-44(75)30-21-27(10-13-37(30)71)65-46(77)32(52)6-2-16-60-40(53)23-50/h10-15,20-22,32-35,64,70-71H,2-9,16-19,23-25,50-52H2,1H3,(H2,53,60)(H2,54,61)(H2,55,73)(H,65,77)(H,66,78)(H,67,74)(H,68,76)(H,69,75)(H4,56,57,62)(H4,58,59,63)/t32-,33-,34-,35-/m1/s1. The van der Waals surface area contributed by atoms with Crippen molar-refractivity contribution in [2.45, 2.75) is 75.5 Å². The smallest absolute Gasteiger partial charge is 0.255 e. The lowest BCUT2D eigenvalue weighted by Gasteiger charge is -2.21. The maximum absolute atomic E-state index is 14.0. The summed E-state index contributed by atoms with van der Waals surface area (Å²) in [5.74, 6) is -6.06. The molecule has 0 spiro atoms. The summed E-state index contributed by atoms with van der Waals surface area (Å²) in [4.78, 5) is 110. The molecular formula is C49H74N20O10. The minimum Gasteiger partial charge on any atom is -0.507 e. The third kappa shape index (κ3) is 22.4. The van der Waals surface area contributed by atoms with Crippen molar-refractivity contribution in [2.75, 3.05) is 68.9 Å². The van der Waals surface area contributed by atoms with Crippen molar-refractivity contribution in [3.63, 3.8) is 0 Å². The number of hydrogen-bond acceptors (Lipinski definition) is 18. The molecule has 0 saturated heterocycles. The number of carbonyl (C=O) groups is 7. The van der Waals surface area contributed by atoms with E-state index < -0.39 is 83.4 Å². The Morgan fingerprint density at radius 1 is 0.532 bits per heavy atom. The maximum atomic E-state index is 14.0. The highest BCUT2D eigenvalue weighted by Crippen LogP contribution is 2.26. The third-order valence-electron chi connectivity index (χ3n) is 11.5. The van der Waals surface area contributed by atoms with Crippen molar-refractivity contribution < 1.29 is 48.5 Å². The lowest BCUT2D eigenvalue weighted by Crippen LogP contribution is -2.44. The third-order valence-corrected chi connectivity index (χ3v) is 11.5. The molecule has 0 heterocycles. The van der Waals surface area contributed by atoms with Gasteiger partial charge in [-0.25, -0.2) is 0 Å². The van der Waals surface area contributed by atoms with E-state index in [-0.39, 0.29) is 134 Å². The number of hydrogen-bond donors (Lipinski definition) is 18. The number of aliphatic imine (C=N–C) groups is 4. The molecule has 0 saturated carbocycles. The number of Topliss-reactive ketones (excluding diaryl/α,β-unsaturated/α-hetero) is 1. The number of nitrogens with zero attached hydrogens (tertiary/aromatic N) is 4. The number of anilines is 3. The lowest BCUT2D eigenvalue weighted by molar-refractivity contribution is -0.120. The van der Waals surface area contributed by atoms with Gasteiger partial charge in [-0.05, 0) is 106 Å². The first kappa shape index (κ1) is 64.0. The molecule has 0 aliphatic heterocycles. The van der Waals surface area contributed by atoms with Gasteiger partial charge in [-0.1, -0.05) is 0 Å². The number of amides is 6. The van der Waals surface area contributed by atoms with Crippen molar-refractivity contribution in [1.82, 2.24) is 16.0 Å². The van der Waals surface area contributed by atoms with Gasteiger partial charge in [0.25, 0.3) is 17.7 Å². The Morgan fingerprint density at radius 3 is 1.44 bits per heavy atom. The Labute approximate surface area is 455 Å². The molecule has 0 aliphatic rings. The Balaban J connectivity index is 1.83. The molecule has 3 aromatic rings. The summed E-state index contributed by atoms with van der Waals surface area (Å²) in [6.07, 6.45) is 1.53. The summed E-state index contributed by atoms with van der Waals surface area (Å²) in [6.45, 7) is 0.377. The van der Waals surface area contributed by atoms with E-state index in [0.717, 1.165) is 12.1 Å². The van der Waals surface area contributed by atoms with E-state index in [1.54, 1.807) is 0 Å². The van der Waals surface area contributed by atoms with Crippen LogP contribution < -0.4 is 94.0 Å². The van der Waals surface area contributed by atoms with Gasteiger partial charge in [0.05, 0.1) is 55.5 Å². The number of aromatic hydroxyl groups is 2. The van der Waals surface area contributed by atoms with Gasteiger partial charge in [0.15, 0.2) is 17.7 Å². The zero-order chi connectivity index (χ0) is 58.6. The van der Waals surface area contributed by atoms with E-state index in [1.165, 1.54) is 49.6 Å². The zero-order valence-corrected chi connectivity index (χ0v) is 43.8. The van der Waals surface area contributed by atoms with Crippen LogP contribution >= 0.6 is 0 Å². The molecule has 0 fully saturated rings. The molecular weight excluding hydrogens is 1030 g/mol. The highest BCUT2D eigenvalue weighted by atomic mass is 16.5. The number of benzene rings is 3. The van der Waals surface area contributed by atoms with Crippen LogP contribution in [-0.4, -0.2) is 152 Å². The number of primary amides is 1. The highest BCUT2D eigenvalue weighted by Gasteiger charge is 2.27. The number of nitrogens with one attached hydrogen (secondary N) is 6. The first-order valence-corrected chi connectivity index (χ1v) is 24.9. The molecule has 3 rings (SSSR count). The van der Waals surface area contributed by atoms with Crippen molar-refractivity contribution in [3.8, 4) is 17.2 Å². The van der Waals surface area contributed by atoms with Gasteiger partial charge >= 0.3 is 0 Å². The van der Waals surface area contributed by atoms with Gasteiger partial charge in [0.2, 0.25) is 17.7 Å². The number of phenolic OH excluding ortho intramolecular Hbond substituents is 2. The number of ketones is 1. The van der Waals surface area contributed by atoms with Crippen LogP contribution in [0.5, 0.6) is 17.2 Å². The fourth-order valence-electron chi connectivity index (χ4n) is 7.26. The van der Waals surface area contributed by atoms with Crippen molar-refractivity contribution in [1.29, 1.82) is 0 Å². The van der Waals surface area contributed by atoms with Crippen LogP contribution in [0.3, 0.4) is 0 Å². The first-order chi connectivity index (χ1) is 37.6. The Hall–Kier alpha value is -9.29. The number of carbonyl (C=O) groups excluding carboxylic acids is 7. The van der Waals surface area contributed by atoms with Gasteiger partial charge in [-0.2, -0.15) is 0 Å². The van der Waals surface area contributed by atoms with Crippen LogP contribution in [0.25, 0.3) is 0 Å². The molecule has 79 heavy (non-hydrogen) atoms. The Kier molecular flexibility index (Phi) is 26.7. The minimum atomic E-state index is -1.31. The van der Waals surface area contributed by atoms with Gasteiger partial charge in [-0.15, -0.1) is 0 Å². The van der Waals surface area contributed by atoms with Crippen LogP contribution in [0.15, 0.2) is 74.6 Å². The van der Waals surface area contributed by atoms with E-state index in [9.17, 15) is 43.8 Å². The second kappa shape index (κ2) is 33.0. The van der Waals surface area contributed by atoms with Crippen molar-refractivity contribution in [2.24, 2.45) is 77.3 Å². The van der Waals surface area contributed by atoms with E-state index in [2.05, 4.69) is 51.9 Å². The first-order valence-electron chi connectivity index (χ1n) is 24.9. The predicted molar refractivity (Wildman–Crippen MR) is 300 cm³/mol. The largest absolute Gasteiger partial charge is 0.507 e. The average molecular weight is 1100 g/mol. The Morgan fingerprint density at radius 2 is 0.949 bits per heavy atom. The lowest BCUT2D eigenvalue weighted by atomic mass is 10.0. The second-order valence-electron chi connectivity index (χ2n) is 17.6. The van der Waals surface area contributed by atoms with Crippen LogP contribution in [0, 0.1) is 0 Å². The molecule has 0 aliphatic carbocycles. The van der Waals surface area contributed by atoms with Crippen LogP contribution in [-0.2, 0) is 19.2 Å². The molecule has 6 amide bonds. The SMILES string of the molecule is COc1ccc(NCC(=O)[C@@H](CCCN=C(N)N)NC(=O)c2cc(NC(=O)[C@@H](CCCN=C(N)CN)NC(=O)c3cc(NC(=O)[C@H](N)CCCN=C(N)CN)ccc3O)ccc2O)cc1C(=O)N[C@H](CCCN=C(N)N)C(N)=O. The van der Waals surface area contributed by atoms with Crippen LogP contribution in [0.4, 0.5) is 17.1 Å². The molecule has 0 unspecified atom stereocenters. The molecule has 28 N–H and O–H groups in total. The molecule has 4 atom stereocenters. The quantitative estimate of drug-likeness (QED) is 0.0121. The highest BCUT2D eigenvalue weighted by molar-refractivity contribution is 6.06. The maximum Gasteiger partial charge on any atom is 0.255 e. The van der Waals surface area contributed by atoms with Crippen LogP contribution in [0.2, 0.25) is 0 Å². The number of methoxy groups -OCH3 is 1. The summed E-state index contributed by atoms with van der Waals surface area (Å²) < 4.78 is 5.37. The molecule has 0 radical (unpaired) electrons. The Bertz CT molecular complexity index is 2730. The molecule has 0 bridgehead atoms. The normalized spacial score (nSPS) is 12.8. The molecule has 0 aromatic heterocycles. The monoisotopic (exact) mass is 1100 g/mol. The van der Waals surface area contributed by atoms with Gasteiger partial charge < -0.3 is 104 Å². The summed E-state index contributed by atoms with van der Waals surface area (Å²) in [5.41, 5.74) is 55.4. The van der Waals surface area contributed by atoms with Gasteiger partial charge in [-0.3, -0.25) is 53.5 Å². The summed E-state index contributed by atoms with van der Waals surface area (Å²) in [6, 6.07) is 7.09. The topological polar surface area (TPSA) is 551 Å². The van der Waals surface area contributed by atoms with Crippen molar-refractivity contribution >= 4 is 81.9 Å². The van der Waals surface area contributed by atoms with Crippen LogP contribution in [0.1, 0.15) is 82.4 Å². The fraction of sp³-hybridized carbons (Fsp3) is 0.408. The van der Waals surface area contributed by atoms with E-state index in [4.69, 9.17) is 62.1 Å². The summed E-state index contributed by atoms with van der Waals surface area (Å²) in [5, 5.41) is 37.6. The number of phenols is 2. The summed E-state index contributed by atoms with van der Waals surface area (Å²) >= 11 is 0. The summed E-state index contributed by atoms with van der Waals surface area (Å²) in [7, 11) is 1.33. The van der Waals surface area contributed by atoms with Crippen molar-refractivity contribution in [3.05, 3.63) is 71.3 Å². The predicted octanol–water partition coefficient (Wildman–Crippen LogP) is -3.23. The van der Waals surface area contributed by atoms with Gasteiger partial charge in [0, 0.05) is 43.2 Å². The molecule has 430 valence electrons. The number of guanidine groups is 2. The van der Waals surface area contributed by atoms with E-state index >= 15 is 0 Å². The number of rotatable bonds is 34. The van der Waals surface area contributed by atoms with Gasteiger partial charge in [0.1, 0.15) is 41.0 Å². The zero-order valence-electron chi connectivity index (χ0n) is 43.8. The minimum absolute atomic E-state index is 0.00593. The molecule has 30 heteroatoms. The number of nitrogens with two attached hydrogens (primary N) is 10. The van der Waals surface area contributed by atoms with E-state index in [1.807, 2.05) is 0 Å².